The fraction of sp³-hybridized carbons (Fsp3) is 0.263. The molecule has 1 aliphatic rings. The molecule has 0 N–H and O–H groups in total. The molecule has 1 aliphatic heterocycles. The fourth-order valence-corrected chi connectivity index (χ4v) is 3.69. The molecule has 0 radical (unpaired) electrons. The van der Waals surface area contributed by atoms with E-state index in [-0.39, 0.29) is 6.85 Å². The summed E-state index contributed by atoms with van der Waals surface area (Å²) in [4.78, 5) is 6.80. The van der Waals surface area contributed by atoms with Crippen LogP contribution < -0.4 is 20.8 Å². The zero-order chi connectivity index (χ0) is 17.0. The molecule has 0 aromatic carbocycles. The van der Waals surface area contributed by atoms with Crippen LogP contribution in [0.2, 0.25) is 0 Å². The van der Waals surface area contributed by atoms with Crippen molar-refractivity contribution in [2.75, 3.05) is 7.05 Å². The van der Waals surface area contributed by atoms with E-state index in [9.17, 15) is 0 Å². The minimum Gasteiger partial charge on any atom is -0.438 e. The predicted molar refractivity (Wildman–Crippen MR) is 97.0 cm³/mol. The van der Waals surface area contributed by atoms with Gasteiger partial charge in [0.05, 0.1) is 0 Å². The van der Waals surface area contributed by atoms with E-state index < -0.39 is 0 Å². The van der Waals surface area contributed by atoms with Gasteiger partial charge in [-0.25, -0.2) is 9.55 Å². The van der Waals surface area contributed by atoms with Crippen molar-refractivity contribution in [3.63, 3.8) is 0 Å². The maximum Gasteiger partial charge on any atom is 0.402 e. The van der Waals surface area contributed by atoms with Crippen molar-refractivity contribution in [1.29, 1.82) is 0 Å². The molecule has 0 fully saturated rings. The van der Waals surface area contributed by atoms with Crippen LogP contribution in [0.25, 0.3) is 22.8 Å². The van der Waals surface area contributed by atoms with Gasteiger partial charge in [-0.2, -0.15) is 0 Å². The first-order valence-electron chi connectivity index (χ1n) is 8.22. The Balaban J connectivity index is 2.00. The second-order valence-corrected chi connectivity index (χ2v) is 6.77. The molecule has 0 saturated heterocycles. The molecular weight excluding hydrogens is 297 g/mol. The first-order chi connectivity index (χ1) is 11.5. The molecule has 3 aromatic rings. The normalized spacial score (nSPS) is 14.1. The molecule has 5 heteroatoms. The lowest BCUT2D eigenvalue weighted by Gasteiger charge is -2.24. The lowest BCUT2D eigenvalue weighted by atomic mass is 9.50. The summed E-state index contributed by atoms with van der Waals surface area (Å²) < 4.78 is 8.33. The summed E-state index contributed by atoms with van der Waals surface area (Å²) in [6.45, 7) is 6.41. The van der Waals surface area contributed by atoms with Crippen molar-refractivity contribution in [2.45, 2.75) is 20.8 Å². The van der Waals surface area contributed by atoms with Gasteiger partial charge in [0.1, 0.15) is 12.5 Å². The van der Waals surface area contributed by atoms with E-state index in [0.717, 1.165) is 27.4 Å². The van der Waals surface area contributed by atoms with Crippen LogP contribution >= 0.6 is 0 Å². The lowest BCUT2D eigenvalue weighted by molar-refractivity contribution is -0.654. The van der Waals surface area contributed by atoms with Gasteiger partial charge < -0.3 is 9.23 Å². The maximum absolute atomic E-state index is 6.13. The highest BCUT2D eigenvalue weighted by Crippen LogP contribution is 2.12. The highest BCUT2D eigenvalue weighted by Gasteiger charge is 2.35. The van der Waals surface area contributed by atoms with E-state index in [2.05, 4.69) is 72.9 Å². The Morgan fingerprint density at radius 3 is 2.67 bits per heavy atom. The number of aromatic nitrogens is 2. The number of fused-ring (bicyclic) bond motifs is 3. The molecule has 0 unspecified atom stereocenters. The van der Waals surface area contributed by atoms with Crippen LogP contribution in [0.15, 0.2) is 34.9 Å². The largest absolute Gasteiger partial charge is 0.438 e. The summed E-state index contributed by atoms with van der Waals surface area (Å²) >= 11 is 0. The number of furan rings is 1. The van der Waals surface area contributed by atoms with Gasteiger partial charge in [-0.3, -0.25) is 0 Å². The van der Waals surface area contributed by atoms with E-state index in [4.69, 9.17) is 4.42 Å². The van der Waals surface area contributed by atoms with Crippen molar-refractivity contribution in [3.8, 4) is 0 Å². The van der Waals surface area contributed by atoms with Crippen LogP contribution in [0, 0.1) is 13.8 Å². The Hall–Kier alpha value is -2.56. The molecule has 0 atom stereocenters. The molecule has 24 heavy (non-hydrogen) atoms. The highest BCUT2D eigenvalue weighted by molar-refractivity contribution is 6.85. The topological polar surface area (TPSA) is 33.2 Å². The van der Waals surface area contributed by atoms with Gasteiger partial charge in [0.25, 0.3) is 0 Å². The van der Waals surface area contributed by atoms with E-state index in [0.29, 0.717) is 0 Å². The predicted octanol–water partition coefficient (Wildman–Crippen LogP) is 0.561. The van der Waals surface area contributed by atoms with Gasteiger partial charge in [0.2, 0.25) is 5.71 Å². The number of hydrogen-bond donors (Lipinski definition) is 0. The average Bonchev–Trinajstić information content (AvgIpc) is 2.87. The van der Waals surface area contributed by atoms with Gasteiger partial charge in [0, 0.05) is 21.9 Å². The fourth-order valence-electron chi connectivity index (χ4n) is 3.69. The maximum atomic E-state index is 6.13. The quantitative estimate of drug-likeness (QED) is 0.486. The van der Waals surface area contributed by atoms with Gasteiger partial charge >= 0.3 is 6.85 Å². The van der Waals surface area contributed by atoms with Gasteiger partial charge in [0.15, 0.2) is 11.8 Å². The Labute approximate surface area is 141 Å². The monoisotopic (exact) mass is 318 g/mol. The molecule has 0 spiro atoms. The third-order valence-corrected chi connectivity index (χ3v) is 4.84. The minimum atomic E-state index is 0.157. The molecule has 0 aliphatic carbocycles. The van der Waals surface area contributed by atoms with Crippen LogP contribution in [-0.4, -0.2) is 23.7 Å². The Kier molecular flexibility index (Phi) is 3.27. The summed E-state index contributed by atoms with van der Waals surface area (Å²) in [6, 6.07) is 8.50. The van der Waals surface area contributed by atoms with Crippen molar-refractivity contribution < 1.29 is 8.98 Å². The molecule has 0 amide bonds. The average molecular weight is 318 g/mol. The number of hydrogen-bond acceptors (Lipinski definition) is 3. The molecule has 120 valence electrons. The van der Waals surface area contributed by atoms with Crippen LogP contribution in [-0.2, 0) is 7.05 Å². The number of nitrogens with zero attached hydrogens (tertiary/aromatic N) is 3. The van der Waals surface area contributed by atoms with Crippen LogP contribution in [0.3, 0.4) is 0 Å². The summed E-state index contributed by atoms with van der Waals surface area (Å²) in [6.07, 6.45) is 4.34. The molecule has 4 heterocycles. The Bertz CT molecular complexity index is 1080. The SMILES string of the molecule is CC1=c2oc3nc(C)ccc3c2=CN(C)B1c1ccc(C)c[n+]1C. The summed E-state index contributed by atoms with van der Waals surface area (Å²) in [7, 11) is 4.22. The lowest BCUT2D eigenvalue weighted by Crippen LogP contribution is -2.62. The first-order valence-corrected chi connectivity index (χ1v) is 8.22. The van der Waals surface area contributed by atoms with E-state index in [1.165, 1.54) is 16.6 Å². The number of pyridine rings is 2. The van der Waals surface area contributed by atoms with Crippen LogP contribution in [0.1, 0.15) is 18.2 Å². The molecule has 0 bridgehead atoms. The van der Waals surface area contributed by atoms with Crippen molar-refractivity contribution >= 4 is 35.2 Å². The highest BCUT2D eigenvalue weighted by atomic mass is 16.3. The second-order valence-electron chi connectivity index (χ2n) is 6.77. The second kappa shape index (κ2) is 5.23. The van der Waals surface area contributed by atoms with Crippen molar-refractivity contribution in [2.24, 2.45) is 7.05 Å². The van der Waals surface area contributed by atoms with E-state index in [1.54, 1.807) is 0 Å². The smallest absolute Gasteiger partial charge is 0.402 e. The van der Waals surface area contributed by atoms with Crippen LogP contribution in [0.5, 0.6) is 0 Å². The standard InChI is InChI=1S/C19H21BN3O/c1-12-6-9-17(22(4)10-12)20-14(3)18-16(11-23(20)5)15-8-7-13(2)21-19(15)24-18/h6-11H,1-5H3/q+1. The zero-order valence-corrected chi connectivity index (χ0v) is 14.8. The Morgan fingerprint density at radius 1 is 1.12 bits per heavy atom. The first kappa shape index (κ1) is 15.0. The number of aryl methyl sites for hydroxylation is 3. The third kappa shape index (κ3) is 2.15. The summed E-state index contributed by atoms with van der Waals surface area (Å²) in [5.41, 5.74) is 6.36. The van der Waals surface area contributed by atoms with E-state index in [1.807, 2.05) is 13.0 Å². The van der Waals surface area contributed by atoms with Crippen molar-refractivity contribution in [1.82, 2.24) is 9.79 Å². The molecule has 4 nitrogen and oxygen atoms in total. The molecule has 0 saturated carbocycles. The number of rotatable bonds is 1. The molecular formula is C19H21BN3O+. The van der Waals surface area contributed by atoms with E-state index >= 15 is 0 Å². The van der Waals surface area contributed by atoms with Crippen LogP contribution in [0.4, 0.5) is 0 Å². The van der Waals surface area contributed by atoms with Gasteiger partial charge in [-0.15, -0.1) is 0 Å². The summed E-state index contributed by atoms with van der Waals surface area (Å²) in [5.74, 6) is 0. The zero-order valence-electron chi connectivity index (χ0n) is 14.8. The third-order valence-electron chi connectivity index (χ3n) is 4.84. The Morgan fingerprint density at radius 2 is 1.92 bits per heavy atom. The minimum absolute atomic E-state index is 0.157. The molecule has 3 aromatic heterocycles. The van der Waals surface area contributed by atoms with Gasteiger partial charge in [-0.05, 0) is 63.8 Å². The van der Waals surface area contributed by atoms with Crippen molar-refractivity contribution in [3.05, 3.63) is 52.4 Å². The van der Waals surface area contributed by atoms with Gasteiger partial charge in [-0.1, -0.05) is 0 Å². The summed E-state index contributed by atoms with van der Waals surface area (Å²) in [5, 5.41) is 2.21. The molecule has 4 rings (SSSR count).